The fourth-order valence-electron chi connectivity index (χ4n) is 2.31. The third kappa shape index (κ3) is 5.28. The SMILES string of the molecule is CCNC(C)CCCCN(C)C1CCOC1. The zero-order chi connectivity index (χ0) is 11.8. The molecule has 0 spiro atoms. The van der Waals surface area contributed by atoms with E-state index in [0.29, 0.717) is 12.1 Å². The normalized spacial score (nSPS) is 22.9. The standard InChI is InChI=1S/C13H28N2O/c1-4-14-12(2)7-5-6-9-15(3)13-8-10-16-11-13/h12-14H,4-11H2,1-3H3. The van der Waals surface area contributed by atoms with E-state index < -0.39 is 0 Å². The Kier molecular flexibility index (Phi) is 7.01. The largest absolute Gasteiger partial charge is 0.380 e. The van der Waals surface area contributed by atoms with Crippen LogP contribution in [0.5, 0.6) is 0 Å². The molecule has 2 unspecified atom stereocenters. The Morgan fingerprint density at radius 2 is 2.25 bits per heavy atom. The lowest BCUT2D eigenvalue weighted by Crippen LogP contribution is -2.33. The molecule has 1 aliphatic rings. The van der Waals surface area contributed by atoms with E-state index in [1.54, 1.807) is 0 Å². The first-order valence-electron chi connectivity index (χ1n) is 6.75. The smallest absolute Gasteiger partial charge is 0.0622 e. The van der Waals surface area contributed by atoms with Gasteiger partial charge in [-0.15, -0.1) is 0 Å². The Bertz CT molecular complexity index is 169. The van der Waals surface area contributed by atoms with Crippen molar-refractivity contribution < 1.29 is 4.74 Å². The van der Waals surface area contributed by atoms with Crippen LogP contribution in [0.2, 0.25) is 0 Å². The molecule has 0 saturated carbocycles. The molecule has 1 rings (SSSR count). The Hall–Kier alpha value is -0.120. The molecule has 1 saturated heterocycles. The minimum atomic E-state index is 0.671. The van der Waals surface area contributed by atoms with Gasteiger partial charge in [-0.25, -0.2) is 0 Å². The van der Waals surface area contributed by atoms with Gasteiger partial charge in [0.2, 0.25) is 0 Å². The van der Waals surface area contributed by atoms with Crippen LogP contribution in [0.25, 0.3) is 0 Å². The summed E-state index contributed by atoms with van der Waals surface area (Å²) in [5.41, 5.74) is 0. The summed E-state index contributed by atoms with van der Waals surface area (Å²) < 4.78 is 5.40. The van der Waals surface area contributed by atoms with Gasteiger partial charge in [0.25, 0.3) is 0 Å². The fourth-order valence-corrected chi connectivity index (χ4v) is 2.31. The molecule has 0 amide bonds. The summed E-state index contributed by atoms with van der Waals surface area (Å²) in [6.45, 7) is 8.63. The van der Waals surface area contributed by atoms with Crippen LogP contribution >= 0.6 is 0 Å². The summed E-state index contributed by atoms with van der Waals surface area (Å²) in [5.74, 6) is 0. The van der Waals surface area contributed by atoms with Gasteiger partial charge in [-0.1, -0.05) is 13.3 Å². The highest BCUT2D eigenvalue weighted by molar-refractivity contribution is 4.72. The number of nitrogens with zero attached hydrogens (tertiary/aromatic N) is 1. The van der Waals surface area contributed by atoms with Crippen molar-refractivity contribution in [2.75, 3.05) is 33.4 Å². The number of rotatable bonds is 8. The number of nitrogens with one attached hydrogen (secondary N) is 1. The zero-order valence-corrected chi connectivity index (χ0v) is 11.2. The van der Waals surface area contributed by atoms with Gasteiger partial charge in [-0.3, -0.25) is 0 Å². The number of hydrogen-bond donors (Lipinski definition) is 1. The Morgan fingerprint density at radius 3 is 2.88 bits per heavy atom. The minimum absolute atomic E-state index is 0.671. The average Bonchev–Trinajstić information content (AvgIpc) is 2.78. The number of ether oxygens (including phenoxy) is 1. The second-order valence-corrected chi connectivity index (χ2v) is 4.95. The van der Waals surface area contributed by atoms with Crippen LogP contribution in [0.15, 0.2) is 0 Å². The van der Waals surface area contributed by atoms with Gasteiger partial charge >= 0.3 is 0 Å². The summed E-state index contributed by atoms with van der Waals surface area (Å²) in [6.07, 6.45) is 5.14. The van der Waals surface area contributed by atoms with Gasteiger partial charge in [-0.05, 0) is 46.3 Å². The lowest BCUT2D eigenvalue weighted by molar-refractivity contribution is 0.158. The number of unbranched alkanes of at least 4 members (excludes halogenated alkanes) is 1. The predicted molar refractivity (Wildman–Crippen MR) is 68.8 cm³/mol. The van der Waals surface area contributed by atoms with E-state index in [1.165, 1.54) is 32.2 Å². The highest BCUT2D eigenvalue weighted by Crippen LogP contribution is 2.11. The second kappa shape index (κ2) is 8.04. The Balaban J connectivity index is 1.97. The second-order valence-electron chi connectivity index (χ2n) is 4.95. The molecule has 16 heavy (non-hydrogen) atoms. The van der Waals surface area contributed by atoms with Gasteiger partial charge in [-0.2, -0.15) is 0 Å². The molecule has 96 valence electrons. The van der Waals surface area contributed by atoms with Crippen LogP contribution in [0, 0.1) is 0 Å². The molecule has 0 aromatic rings. The van der Waals surface area contributed by atoms with Crippen molar-refractivity contribution in [1.29, 1.82) is 0 Å². The molecule has 0 aromatic carbocycles. The van der Waals surface area contributed by atoms with Gasteiger partial charge in [0.15, 0.2) is 0 Å². The van der Waals surface area contributed by atoms with E-state index in [0.717, 1.165) is 19.8 Å². The molecule has 0 bridgehead atoms. The minimum Gasteiger partial charge on any atom is -0.380 e. The van der Waals surface area contributed by atoms with Crippen molar-refractivity contribution in [3.05, 3.63) is 0 Å². The first-order chi connectivity index (χ1) is 7.74. The van der Waals surface area contributed by atoms with Crippen molar-refractivity contribution in [1.82, 2.24) is 10.2 Å². The lowest BCUT2D eigenvalue weighted by atomic mass is 10.1. The molecule has 3 heteroatoms. The van der Waals surface area contributed by atoms with E-state index in [-0.39, 0.29) is 0 Å². The summed E-state index contributed by atoms with van der Waals surface area (Å²) in [4.78, 5) is 2.46. The van der Waals surface area contributed by atoms with Crippen molar-refractivity contribution in [2.24, 2.45) is 0 Å². The summed E-state index contributed by atoms with van der Waals surface area (Å²) in [6, 6.07) is 1.34. The number of likely N-dealkylation sites (N-methyl/N-ethyl adjacent to an activating group) is 1. The maximum atomic E-state index is 5.40. The number of hydrogen-bond acceptors (Lipinski definition) is 3. The molecule has 1 N–H and O–H groups in total. The third-order valence-corrected chi connectivity index (χ3v) is 3.48. The Labute approximate surface area is 101 Å². The summed E-state index contributed by atoms with van der Waals surface area (Å²) >= 11 is 0. The van der Waals surface area contributed by atoms with E-state index in [4.69, 9.17) is 4.74 Å². The van der Waals surface area contributed by atoms with Gasteiger partial charge < -0.3 is 15.0 Å². The average molecular weight is 228 g/mol. The van der Waals surface area contributed by atoms with E-state index >= 15 is 0 Å². The molecule has 1 fully saturated rings. The quantitative estimate of drug-likeness (QED) is 0.642. The van der Waals surface area contributed by atoms with Crippen molar-refractivity contribution in [3.63, 3.8) is 0 Å². The van der Waals surface area contributed by atoms with Gasteiger partial charge in [0, 0.05) is 18.7 Å². The molecule has 0 aliphatic carbocycles. The summed E-state index contributed by atoms with van der Waals surface area (Å²) in [7, 11) is 2.23. The maximum Gasteiger partial charge on any atom is 0.0622 e. The molecule has 0 aromatic heterocycles. The predicted octanol–water partition coefficient (Wildman–Crippen LogP) is 1.88. The van der Waals surface area contributed by atoms with Gasteiger partial charge in [0.1, 0.15) is 0 Å². The molecular formula is C13H28N2O. The fraction of sp³-hybridized carbons (Fsp3) is 1.00. The molecule has 2 atom stereocenters. The maximum absolute atomic E-state index is 5.40. The lowest BCUT2D eigenvalue weighted by Gasteiger charge is -2.22. The molecule has 1 heterocycles. The van der Waals surface area contributed by atoms with Crippen LogP contribution in [0.4, 0.5) is 0 Å². The molecule has 0 radical (unpaired) electrons. The zero-order valence-electron chi connectivity index (χ0n) is 11.2. The molecule has 1 aliphatic heterocycles. The molecular weight excluding hydrogens is 200 g/mol. The van der Waals surface area contributed by atoms with Crippen LogP contribution in [-0.2, 0) is 4.74 Å². The topological polar surface area (TPSA) is 24.5 Å². The Morgan fingerprint density at radius 1 is 1.44 bits per heavy atom. The van der Waals surface area contributed by atoms with Crippen LogP contribution in [-0.4, -0.2) is 50.3 Å². The monoisotopic (exact) mass is 228 g/mol. The van der Waals surface area contributed by atoms with Crippen LogP contribution in [0.3, 0.4) is 0 Å². The van der Waals surface area contributed by atoms with E-state index in [2.05, 4.69) is 31.1 Å². The van der Waals surface area contributed by atoms with E-state index in [1.807, 2.05) is 0 Å². The van der Waals surface area contributed by atoms with Crippen LogP contribution < -0.4 is 5.32 Å². The van der Waals surface area contributed by atoms with Gasteiger partial charge in [0.05, 0.1) is 6.61 Å². The molecule has 3 nitrogen and oxygen atoms in total. The van der Waals surface area contributed by atoms with E-state index in [9.17, 15) is 0 Å². The summed E-state index contributed by atoms with van der Waals surface area (Å²) in [5, 5.41) is 3.46. The van der Waals surface area contributed by atoms with Crippen molar-refractivity contribution >= 4 is 0 Å². The third-order valence-electron chi connectivity index (χ3n) is 3.48. The highest BCUT2D eigenvalue weighted by atomic mass is 16.5. The first kappa shape index (κ1) is 13.9. The van der Waals surface area contributed by atoms with Crippen LogP contribution in [0.1, 0.15) is 39.5 Å². The highest BCUT2D eigenvalue weighted by Gasteiger charge is 2.19. The van der Waals surface area contributed by atoms with Crippen molar-refractivity contribution in [3.8, 4) is 0 Å². The first-order valence-corrected chi connectivity index (χ1v) is 6.75. The van der Waals surface area contributed by atoms with Crippen molar-refractivity contribution in [2.45, 2.75) is 51.6 Å².